The standard InChI is InChI=1S/C23H33N3O2/c27-21(13-10-18-6-2-1-3-7-18)25-14-16-26(17-15-25)22(19-8-4-5-9-19)23(28)24-20-11-12-20/h1-3,6-7,19-20,22H,4-5,8-17H2,(H,24,28). The fourth-order valence-electron chi connectivity index (χ4n) is 4.77. The first kappa shape index (κ1) is 19.4. The van der Waals surface area contributed by atoms with Crippen LogP contribution < -0.4 is 5.32 Å². The number of hydrogen-bond donors (Lipinski definition) is 1. The number of carbonyl (C=O) groups is 2. The molecule has 3 fully saturated rings. The molecule has 2 amide bonds. The van der Waals surface area contributed by atoms with Gasteiger partial charge in [0.2, 0.25) is 11.8 Å². The number of amides is 2. The van der Waals surface area contributed by atoms with E-state index in [1.807, 2.05) is 23.1 Å². The molecular weight excluding hydrogens is 350 g/mol. The lowest BCUT2D eigenvalue weighted by Crippen LogP contribution is -2.58. The molecule has 1 heterocycles. The van der Waals surface area contributed by atoms with Gasteiger partial charge in [-0.3, -0.25) is 14.5 Å². The summed E-state index contributed by atoms with van der Waals surface area (Å²) >= 11 is 0. The van der Waals surface area contributed by atoms with Crippen molar-refractivity contribution in [3.8, 4) is 0 Å². The summed E-state index contributed by atoms with van der Waals surface area (Å²) in [5.74, 6) is 0.959. The van der Waals surface area contributed by atoms with E-state index in [1.54, 1.807) is 0 Å². The minimum atomic E-state index is 0.00432. The summed E-state index contributed by atoms with van der Waals surface area (Å²) < 4.78 is 0. The van der Waals surface area contributed by atoms with Crippen LogP contribution in [0.1, 0.15) is 50.5 Å². The van der Waals surface area contributed by atoms with Crippen molar-refractivity contribution in [3.05, 3.63) is 35.9 Å². The van der Waals surface area contributed by atoms with Gasteiger partial charge in [0.05, 0.1) is 6.04 Å². The zero-order chi connectivity index (χ0) is 19.3. The Morgan fingerprint density at radius 1 is 0.964 bits per heavy atom. The highest BCUT2D eigenvalue weighted by Crippen LogP contribution is 2.32. The third-order valence-electron chi connectivity index (χ3n) is 6.57. The Labute approximate surface area is 168 Å². The molecule has 1 unspecified atom stereocenters. The van der Waals surface area contributed by atoms with Crippen LogP contribution in [0.2, 0.25) is 0 Å². The van der Waals surface area contributed by atoms with Crippen LogP contribution in [0, 0.1) is 5.92 Å². The maximum Gasteiger partial charge on any atom is 0.237 e. The van der Waals surface area contributed by atoms with Crippen molar-refractivity contribution < 1.29 is 9.59 Å². The van der Waals surface area contributed by atoms with Crippen molar-refractivity contribution in [1.29, 1.82) is 0 Å². The van der Waals surface area contributed by atoms with E-state index in [1.165, 1.54) is 31.2 Å². The molecule has 2 saturated carbocycles. The van der Waals surface area contributed by atoms with Gasteiger partial charge < -0.3 is 10.2 Å². The van der Waals surface area contributed by atoms with Crippen molar-refractivity contribution in [1.82, 2.24) is 15.1 Å². The van der Waals surface area contributed by atoms with Gasteiger partial charge in [-0.25, -0.2) is 0 Å². The summed E-state index contributed by atoms with van der Waals surface area (Å²) in [6, 6.07) is 10.6. The Kier molecular flexibility index (Phi) is 6.30. The quantitative estimate of drug-likeness (QED) is 0.787. The number of nitrogens with zero attached hydrogens (tertiary/aromatic N) is 2. The SMILES string of the molecule is O=C(NC1CC1)C(C1CCCC1)N1CCN(C(=O)CCc2ccccc2)CC1. The van der Waals surface area contributed by atoms with Crippen molar-refractivity contribution >= 4 is 11.8 Å². The number of benzene rings is 1. The smallest absolute Gasteiger partial charge is 0.237 e. The van der Waals surface area contributed by atoms with Crippen molar-refractivity contribution in [2.45, 2.75) is 63.5 Å². The lowest BCUT2D eigenvalue weighted by molar-refractivity contribution is -0.135. The normalized spacial score (nSPS) is 22.2. The fourth-order valence-corrected chi connectivity index (χ4v) is 4.77. The largest absolute Gasteiger partial charge is 0.352 e. The van der Waals surface area contributed by atoms with Crippen LogP contribution >= 0.6 is 0 Å². The average molecular weight is 384 g/mol. The predicted octanol–water partition coefficient (Wildman–Crippen LogP) is 2.60. The Morgan fingerprint density at radius 3 is 2.29 bits per heavy atom. The molecule has 1 aromatic rings. The molecule has 5 heteroatoms. The Morgan fingerprint density at radius 2 is 1.64 bits per heavy atom. The maximum atomic E-state index is 12.9. The monoisotopic (exact) mass is 383 g/mol. The topological polar surface area (TPSA) is 52.7 Å². The van der Waals surface area contributed by atoms with Crippen LogP contribution in [0.4, 0.5) is 0 Å². The molecule has 5 nitrogen and oxygen atoms in total. The molecule has 152 valence electrons. The molecule has 0 bridgehead atoms. The van der Waals surface area contributed by atoms with Crippen LogP contribution in [0.15, 0.2) is 30.3 Å². The van der Waals surface area contributed by atoms with E-state index in [9.17, 15) is 9.59 Å². The van der Waals surface area contributed by atoms with Crippen LogP contribution in [-0.2, 0) is 16.0 Å². The number of rotatable bonds is 7. The molecule has 3 aliphatic rings. The van der Waals surface area contributed by atoms with Crippen LogP contribution in [0.25, 0.3) is 0 Å². The molecule has 0 radical (unpaired) electrons. The second-order valence-corrected chi connectivity index (χ2v) is 8.67. The second kappa shape index (κ2) is 9.08. The fraction of sp³-hybridized carbons (Fsp3) is 0.652. The van der Waals surface area contributed by atoms with Gasteiger partial charge in [0, 0.05) is 38.6 Å². The van der Waals surface area contributed by atoms with Crippen LogP contribution in [0.5, 0.6) is 0 Å². The van der Waals surface area contributed by atoms with E-state index in [0.29, 0.717) is 18.4 Å². The molecule has 1 aliphatic heterocycles. The summed E-state index contributed by atoms with van der Waals surface area (Å²) in [6.45, 7) is 3.12. The minimum absolute atomic E-state index is 0.00432. The Balaban J connectivity index is 1.29. The molecule has 1 atom stereocenters. The lowest BCUT2D eigenvalue weighted by atomic mass is 9.95. The predicted molar refractivity (Wildman–Crippen MR) is 110 cm³/mol. The van der Waals surface area contributed by atoms with Gasteiger partial charge in [0.25, 0.3) is 0 Å². The first-order chi connectivity index (χ1) is 13.7. The number of carbonyl (C=O) groups excluding carboxylic acids is 2. The van der Waals surface area contributed by atoms with Gasteiger partial charge in [0.1, 0.15) is 0 Å². The van der Waals surface area contributed by atoms with Crippen molar-refractivity contribution in [2.24, 2.45) is 5.92 Å². The summed E-state index contributed by atoms with van der Waals surface area (Å²) in [6.07, 6.45) is 8.45. The summed E-state index contributed by atoms with van der Waals surface area (Å²) in [5.41, 5.74) is 1.22. The third kappa shape index (κ3) is 4.93. The third-order valence-corrected chi connectivity index (χ3v) is 6.57. The summed E-state index contributed by atoms with van der Waals surface area (Å²) in [4.78, 5) is 29.9. The van der Waals surface area contributed by atoms with Gasteiger partial charge in [-0.2, -0.15) is 0 Å². The lowest BCUT2D eigenvalue weighted by Gasteiger charge is -2.40. The maximum absolute atomic E-state index is 12.9. The highest BCUT2D eigenvalue weighted by atomic mass is 16.2. The van der Waals surface area contributed by atoms with Crippen molar-refractivity contribution in [2.75, 3.05) is 26.2 Å². The van der Waals surface area contributed by atoms with Gasteiger partial charge in [-0.1, -0.05) is 43.2 Å². The first-order valence-corrected chi connectivity index (χ1v) is 11.1. The highest BCUT2D eigenvalue weighted by molar-refractivity contribution is 5.83. The van der Waals surface area contributed by atoms with Crippen LogP contribution in [-0.4, -0.2) is 59.9 Å². The molecule has 1 saturated heterocycles. The van der Waals surface area contributed by atoms with E-state index >= 15 is 0 Å². The molecule has 0 aromatic heterocycles. The Hall–Kier alpha value is -1.88. The molecular formula is C23H33N3O2. The first-order valence-electron chi connectivity index (χ1n) is 11.1. The minimum Gasteiger partial charge on any atom is -0.352 e. The molecule has 2 aliphatic carbocycles. The number of hydrogen-bond acceptors (Lipinski definition) is 3. The van der Waals surface area contributed by atoms with E-state index in [2.05, 4.69) is 22.3 Å². The number of piperazine rings is 1. The van der Waals surface area contributed by atoms with Gasteiger partial charge in [-0.05, 0) is 43.6 Å². The zero-order valence-corrected chi connectivity index (χ0v) is 16.8. The summed E-state index contributed by atoms with van der Waals surface area (Å²) in [7, 11) is 0. The van der Waals surface area contributed by atoms with Gasteiger partial charge in [0.15, 0.2) is 0 Å². The molecule has 1 aromatic carbocycles. The zero-order valence-electron chi connectivity index (χ0n) is 16.8. The molecule has 28 heavy (non-hydrogen) atoms. The summed E-state index contributed by atoms with van der Waals surface area (Å²) in [5, 5.41) is 3.24. The second-order valence-electron chi connectivity index (χ2n) is 8.67. The van der Waals surface area contributed by atoms with Gasteiger partial charge >= 0.3 is 0 Å². The van der Waals surface area contributed by atoms with E-state index in [-0.39, 0.29) is 17.9 Å². The van der Waals surface area contributed by atoms with E-state index in [0.717, 1.165) is 45.4 Å². The van der Waals surface area contributed by atoms with Gasteiger partial charge in [-0.15, -0.1) is 0 Å². The molecule has 0 spiro atoms. The van der Waals surface area contributed by atoms with E-state index in [4.69, 9.17) is 0 Å². The Bertz CT molecular complexity index is 660. The molecule has 4 rings (SSSR count). The van der Waals surface area contributed by atoms with Crippen LogP contribution in [0.3, 0.4) is 0 Å². The number of nitrogens with one attached hydrogen (secondary N) is 1. The number of aryl methyl sites for hydroxylation is 1. The van der Waals surface area contributed by atoms with E-state index < -0.39 is 0 Å². The molecule has 1 N–H and O–H groups in total. The van der Waals surface area contributed by atoms with Crippen molar-refractivity contribution in [3.63, 3.8) is 0 Å². The average Bonchev–Trinajstić information content (AvgIpc) is 3.38. The highest BCUT2D eigenvalue weighted by Gasteiger charge is 2.38.